The van der Waals surface area contributed by atoms with E-state index in [2.05, 4.69) is 25.7 Å². The molecule has 122 valence electrons. The number of carbonyl (C=O) groups is 1. The number of piperidine rings is 2. The Labute approximate surface area is 136 Å². The van der Waals surface area contributed by atoms with Gasteiger partial charge in [0.2, 0.25) is 5.95 Å². The summed E-state index contributed by atoms with van der Waals surface area (Å²) < 4.78 is 0. The van der Waals surface area contributed by atoms with Gasteiger partial charge in [-0.25, -0.2) is 14.8 Å². The van der Waals surface area contributed by atoms with E-state index in [0.717, 1.165) is 45.6 Å². The lowest BCUT2D eigenvalue weighted by Gasteiger charge is -2.46. The van der Waals surface area contributed by atoms with Crippen LogP contribution in [0, 0.1) is 17.8 Å². The van der Waals surface area contributed by atoms with E-state index in [9.17, 15) is 4.79 Å². The van der Waals surface area contributed by atoms with Gasteiger partial charge in [-0.15, -0.1) is 6.42 Å². The third kappa shape index (κ3) is 3.45. The summed E-state index contributed by atoms with van der Waals surface area (Å²) in [6, 6.07) is 0. The first-order valence-corrected chi connectivity index (χ1v) is 8.08. The van der Waals surface area contributed by atoms with Crippen molar-refractivity contribution in [3.63, 3.8) is 0 Å². The highest BCUT2D eigenvalue weighted by Gasteiger charge is 2.37. The Morgan fingerprint density at radius 3 is 2.26 bits per heavy atom. The number of aromatic nitrogens is 2. The molecule has 1 aromatic heterocycles. The van der Waals surface area contributed by atoms with E-state index in [4.69, 9.17) is 11.5 Å². The van der Waals surface area contributed by atoms with Crippen LogP contribution in [0.15, 0.2) is 12.4 Å². The molecule has 0 unspecified atom stereocenters. The maximum absolute atomic E-state index is 10.9. The van der Waals surface area contributed by atoms with Crippen molar-refractivity contribution in [2.45, 2.75) is 25.7 Å². The minimum absolute atomic E-state index is 0.128. The van der Waals surface area contributed by atoms with Gasteiger partial charge in [-0.2, -0.15) is 0 Å². The Morgan fingerprint density at radius 2 is 1.74 bits per heavy atom. The summed E-state index contributed by atoms with van der Waals surface area (Å²) in [5, 5.41) is 8.90. The minimum Gasteiger partial charge on any atom is -0.478 e. The van der Waals surface area contributed by atoms with Gasteiger partial charge in [0.15, 0.2) is 0 Å². The number of aromatic carboxylic acids is 1. The minimum atomic E-state index is -0.993. The monoisotopic (exact) mass is 314 g/mol. The molecule has 2 aliphatic rings. The largest absolute Gasteiger partial charge is 0.478 e. The molecular weight excluding hydrogens is 292 g/mol. The zero-order valence-electron chi connectivity index (χ0n) is 13.2. The van der Waals surface area contributed by atoms with Crippen molar-refractivity contribution in [1.29, 1.82) is 0 Å². The predicted molar refractivity (Wildman–Crippen MR) is 87.4 cm³/mol. The highest BCUT2D eigenvalue weighted by atomic mass is 16.4. The second-order valence-corrected chi connectivity index (χ2v) is 6.54. The molecule has 0 aromatic carbocycles. The molecule has 1 N–H and O–H groups in total. The van der Waals surface area contributed by atoms with Crippen molar-refractivity contribution < 1.29 is 9.90 Å². The molecule has 0 radical (unpaired) electrons. The van der Waals surface area contributed by atoms with Crippen molar-refractivity contribution >= 4 is 11.9 Å². The molecule has 6 heteroatoms. The molecule has 1 aromatic rings. The van der Waals surface area contributed by atoms with Crippen LogP contribution < -0.4 is 4.90 Å². The number of hydrogen-bond acceptors (Lipinski definition) is 5. The van der Waals surface area contributed by atoms with Crippen LogP contribution in [-0.4, -0.2) is 58.7 Å². The third-order valence-corrected chi connectivity index (χ3v) is 5.22. The van der Waals surface area contributed by atoms with Gasteiger partial charge in [-0.3, -0.25) is 4.90 Å². The zero-order valence-corrected chi connectivity index (χ0v) is 13.2. The number of nitrogens with zero attached hydrogens (tertiary/aromatic N) is 4. The summed E-state index contributed by atoms with van der Waals surface area (Å²) in [7, 11) is 0. The molecular formula is C17H22N4O2. The summed E-state index contributed by atoms with van der Waals surface area (Å²) in [6.45, 7) is 4.80. The molecule has 23 heavy (non-hydrogen) atoms. The van der Waals surface area contributed by atoms with Crippen LogP contribution in [0.3, 0.4) is 0 Å². The predicted octanol–water partition coefficient (Wildman–Crippen LogP) is 1.49. The second-order valence-electron chi connectivity index (χ2n) is 6.54. The number of likely N-dealkylation sites (tertiary alicyclic amines) is 1. The van der Waals surface area contributed by atoms with Crippen LogP contribution in [0.5, 0.6) is 0 Å². The zero-order chi connectivity index (χ0) is 16.3. The fourth-order valence-corrected chi connectivity index (χ4v) is 3.59. The lowest BCUT2D eigenvalue weighted by Crippen LogP contribution is -2.47. The normalized spacial score (nSPS) is 21.1. The first-order valence-electron chi connectivity index (χ1n) is 8.08. The van der Waals surface area contributed by atoms with E-state index in [1.54, 1.807) is 0 Å². The van der Waals surface area contributed by atoms with E-state index in [1.807, 2.05) is 0 Å². The van der Waals surface area contributed by atoms with Crippen LogP contribution in [0.4, 0.5) is 5.95 Å². The van der Waals surface area contributed by atoms with Gasteiger partial charge < -0.3 is 10.0 Å². The molecule has 3 rings (SSSR count). The Morgan fingerprint density at radius 1 is 1.17 bits per heavy atom. The van der Waals surface area contributed by atoms with Crippen molar-refractivity contribution in [3.8, 4) is 12.3 Å². The van der Waals surface area contributed by atoms with Crippen molar-refractivity contribution in [2.75, 3.05) is 37.6 Å². The fourth-order valence-electron chi connectivity index (χ4n) is 3.59. The molecule has 2 fully saturated rings. The second kappa shape index (κ2) is 6.55. The SMILES string of the molecule is C#CCN1CCC2(CC1)CCN(c1ncc(C(=O)O)cn1)CC2. The van der Waals surface area contributed by atoms with Gasteiger partial charge in [-0.05, 0) is 44.2 Å². The first kappa shape index (κ1) is 15.8. The van der Waals surface area contributed by atoms with E-state index in [-0.39, 0.29) is 5.56 Å². The molecule has 0 saturated carbocycles. The highest BCUT2D eigenvalue weighted by Crippen LogP contribution is 2.41. The maximum atomic E-state index is 10.9. The van der Waals surface area contributed by atoms with Crippen LogP contribution in [0.1, 0.15) is 36.0 Å². The molecule has 0 atom stereocenters. The van der Waals surface area contributed by atoms with Gasteiger partial charge in [0.25, 0.3) is 0 Å². The highest BCUT2D eigenvalue weighted by molar-refractivity contribution is 5.86. The van der Waals surface area contributed by atoms with Crippen LogP contribution in [0.25, 0.3) is 0 Å². The van der Waals surface area contributed by atoms with E-state index < -0.39 is 5.97 Å². The van der Waals surface area contributed by atoms with Gasteiger partial charge >= 0.3 is 5.97 Å². The van der Waals surface area contributed by atoms with Crippen LogP contribution in [0.2, 0.25) is 0 Å². The van der Waals surface area contributed by atoms with Gasteiger partial charge in [-0.1, -0.05) is 5.92 Å². The molecule has 6 nitrogen and oxygen atoms in total. The number of carboxylic acid groups (broad SMARTS) is 1. The van der Waals surface area contributed by atoms with Gasteiger partial charge in [0.1, 0.15) is 0 Å². The Bertz CT molecular complexity index is 590. The number of terminal acetylenes is 1. The molecule has 3 heterocycles. The van der Waals surface area contributed by atoms with Crippen LogP contribution in [-0.2, 0) is 0 Å². The summed E-state index contributed by atoms with van der Waals surface area (Å²) in [4.78, 5) is 23.8. The summed E-state index contributed by atoms with van der Waals surface area (Å²) >= 11 is 0. The molecule has 2 saturated heterocycles. The number of hydrogen-bond donors (Lipinski definition) is 1. The average molecular weight is 314 g/mol. The molecule has 0 aliphatic carbocycles. The quantitative estimate of drug-likeness (QED) is 0.853. The Hall–Kier alpha value is -2.13. The van der Waals surface area contributed by atoms with E-state index in [1.165, 1.54) is 25.2 Å². The first-order chi connectivity index (χ1) is 11.1. The Kier molecular flexibility index (Phi) is 4.49. The van der Waals surface area contributed by atoms with Crippen molar-refractivity contribution in [3.05, 3.63) is 18.0 Å². The average Bonchev–Trinajstić information content (AvgIpc) is 2.58. The molecule has 0 bridgehead atoms. The maximum Gasteiger partial charge on any atom is 0.338 e. The lowest BCUT2D eigenvalue weighted by molar-refractivity contribution is 0.0696. The lowest BCUT2D eigenvalue weighted by atomic mass is 9.71. The van der Waals surface area contributed by atoms with Gasteiger partial charge in [0, 0.05) is 25.5 Å². The fraction of sp³-hybridized carbons (Fsp3) is 0.588. The number of anilines is 1. The van der Waals surface area contributed by atoms with Crippen molar-refractivity contribution in [1.82, 2.24) is 14.9 Å². The van der Waals surface area contributed by atoms with E-state index in [0.29, 0.717) is 11.4 Å². The molecule has 2 aliphatic heterocycles. The molecule has 0 amide bonds. The third-order valence-electron chi connectivity index (χ3n) is 5.22. The summed E-state index contributed by atoms with van der Waals surface area (Å²) in [5.74, 6) is 2.37. The van der Waals surface area contributed by atoms with E-state index >= 15 is 0 Å². The standard InChI is InChI=1S/C17H22N4O2/c1-2-7-20-8-3-17(4-9-20)5-10-21(11-6-17)16-18-12-14(13-19-16)15(22)23/h1,12-13H,3-11H2,(H,22,23). The molecule has 1 spiro atoms. The number of rotatable bonds is 3. The topological polar surface area (TPSA) is 69.6 Å². The van der Waals surface area contributed by atoms with Gasteiger partial charge in [0.05, 0.1) is 12.1 Å². The van der Waals surface area contributed by atoms with Crippen molar-refractivity contribution in [2.24, 2.45) is 5.41 Å². The smallest absolute Gasteiger partial charge is 0.338 e. The van der Waals surface area contributed by atoms with Crippen LogP contribution >= 0.6 is 0 Å². The summed E-state index contributed by atoms with van der Waals surface area (Å²) in [6.07, 6.45) is 12.9. The summed E-state index contributed by atoms with van der Waals surface area (Å²) in [5.41, 5.74) is 0.561. The number of carboxylic acids is 1. The Balaban J connectivity index is 1.56.